The number of halogens is 1. The van der Waals surface area contributed by atoms with Gasteiger partial charge < -0.3 is 20.9 Å². The molecule has 0 aliphatic rings. The number of pyridine rings is 1. The molecule has 1 unspecified atom stereocenters. The summed E-state index contributed by atoms with van der Waals surface area (Å²) in [4.78, 5) is 3.96. The van der Waals surface area contributed by atoms with Gasteiger partial charge in [0.15, 0.2) is 0 Å². The lowest BCUT2D eigenvalue weighted by molar-refractivity contribution is 0.0672. The summed E-state index contributed by atoms with van der Waals surface area (Å²) in [5.41, 5.74) is 12.5. The first-order chi connectivity index (χ1) is 8.15. The molecule has 0 aromatic carbocycles. The molecule has 0 spiro atoms. The van der Waals surface area contributed by atoms with Crippen LogP contribution < -0.4 is 11.5 Å². The Hall–Kier alpha value is -0.880. The Morgan fingerprint density at radius 3 is 2.88 bits per heavy atom. The molecule has 0 radical (unpaired) electrons. The summed E-state index contributed by atoms with van der Waals surface area (Å²) in [6.07, 6.45) is 2.16. The van der Waals surface area contributed by atoms with Crippen molar-refractivity contribution in [1.82, 2.24) is 4.98 Å². The maximum Gasteiger partial charge on any atom is 0.128 e. The van der Waals surface area contributed by atoms with E-state index in [-0.39, 0.29) is 6.04 Å². The average molecular weight is 260 g/mol. The van der Waals surface area contributed by atoms with Crippen molar-refractivity contribution in [2.24, 2.45) is 5.73 Å². The normalized spacial score (nSPS) is 12.6. The fraction of sp³-hybridized carbons (Fsp3) is 0.545. The maximum atomic E-state index is 5.99. The largest absolute Gasteiger partial charge is 0.383 e. The van der Waals surface area contributed by atoms with Gasteiger partial charge in [0.25, 0.3) is 0 Å². The van der Waals surface area contributed by atoms with Crippen molar-refractivity contribution in [3.63, 3.8) is 0 Å². The standard InChI is InChI=1S/C11H18ClN3O2/c1-16-4-5-17-3-2-10(13)9-6-8(12)7-15-11(9)14/h6-7,10H,2-5,13H2,1H3,(H2,14,15). The molecule has 0 bridgehead atoms. The monoisotopic (exact) mass is 259 g/mol. The van der Waals surface area contributed by atoms with Gasteiger partial charge in [-0.15, -0.1) is 0 Å². The number of hydrogen-bond acceptors (Lipinski definition) is 5. The Kier molecular flexibility index (Phi) is 6.21. The van der Waals surface area contributed by atoms with E-state index in [4.69, 9.17) is 32.5 Å². The minimum Gasteiger partial charge on any atom is -0.383 e. The van der Waals surface area contributed by atoms with Gasteiger partial charge in [-0.25, -0.2) is 4.98 Å². The molecule has 17 heavy (non-hydrogen) atoms. The highest BCUT2D eigenvalue weighted by Crippen LogP contribution is 2.22. The van der Waals surface area contributed by atoms with E-state index in [1.54, 1.807) is 13.2 Å². The summed E-state index contributed by atoms with van der Waals surface area (Å²) in [7, 11) is 1.63. The third-order valence-electron chi connectivity index (χ3n) is 2.32. The summed E-state index contributed by atoms with van der Waals surface area (Å²) < 4.78 is 10.2. The number of nitrogens with zero attached hydrogens (tertiary/aromatic N) is 1. The fourth-order valence-corrected chi connectivity index (χ4v) is 1.54. The molecule has 1 aromatic heterocycles. The Morgan fingerprint density at radius 2 is 2.18 bits per heavy atom. The van der Waals surface area contributed by atoms with E-state index in [0.29, 0.717) is 37.1 Å². The van der Waals surface area contributed by atoms with Crippen LogP contribution in [0.5, 0.6) is 0 Å². The molecule has 96 valence electrons. The van der Waals surface area contributed by atoms with E-state index in [9.17, 15) is 0 Å². The summed E-state index contributed by atoms with van der Waals surface area (Å²) in [6.45, 7) is 1.69. The number of nitrogens with two attached hydrogens (primary N) is 2. The predicted molar refractivity (Wildman–Crippen MR) is 67.9 cm³/mol. The highest BCUT2D eigenvalue weighted by Gasteiger charge is 2.11. The van der Waals surface area contributed by atoms with Gasteiger partial charge in [-0.05, 0) is 12.5 Å². The first kappa shape index (κ1) is 14.2. The number of anilines is 1. The van der Waals surface area contributed by atoms with Crippen LogP contribution in [-0.2, 0) is 9.47 Å². The van der Waals surface area contributed by atoms with Crippen LogP contribution in [0.25, 0.3) is 0 Å². The van der Waals surface area contributed by atoms with Gasteiger partial charge in [0.2, 0.25) is 0 Å². The van der Waals surface area contributed by atoms with E-state index < -0.39 is 0 Å². The van der Waals surface area contributed by atoms with Gasteiger partial charge in [-0.3, -0.25) is 0 Å². The Labute approximate surface area is 106 Å². The number of aromatic nitrogens is 1. The van der Waals surface area contributed by atoms with Gasteiger partial charge in [0.05, 0.1) is 18.2 Å². The summed E-state index contributed by atoms with van der Waals surface area (Å²) in [6, 6.07) is 1.52. The molecule has 0 saturated heterocycles. The van der Waals surface area contributed by atoms with Gasteiger partial charge in [0, 0.05) is 31.5 Å². The second-order valence-electron chi connectivity index (χ2n) is 3.63. The van der Waals surface area contributed by atoms with Crippen molar-refractivity contribution in [2.45, 2.75) is 12.5 Å². The van der Waals surface area contributed by atoms with Gasteiger partial charge in [-0.1, -0.05) is 11.6 Å². The van der Waals surface area contributed by atoms with E-state index >= 15 is 0 Å². The minimum atomic E-state index is -0.219. The molecule has 4 N–H and O–H groups in total. The molecule has 0 saturated carbocycles. The smallest absolute Gasteiger partial charge is 0.128 e. The molecular formula is C11H18ClN3O2. The van der Waals surface area contributed by atoms with E-state index in [1.165, 1.54) is 6.20 Å². The molecule has 0 aliphatic carbocycles. The molecule has 0 aliphatic heterocycles. The number of rotatable bonds is 7. The first-order valence-electron chi connectivity index (χ1n) is 5.38. The van der Waals surface area contributed by atoms with Gasteiger partial charge in [-0.2, -0.15) is 0 Å². The van der Waals surface area contributed by atoms with Gasteiger partial charge >= 0.3 is 0 Å². The predicted octanol–water partition coefficient (Wildman–Crippen LogP) is 1.37. The summed E-state index contributed by atoms with van der Waals surface area (Å²) in [5, 5.41) is 0.532. The van der Waals surface area contributed by atoms with Crippen LogP contribution in [0.3, 0.4) is 0 Å². The lowest BCUT2D eigenvalue weighted by Crippen LogP contribution is -2.16. The van der Waals surface area contributed by atoms with Crippen LogP contribution in [0.1, 0.15) is 18.0 Å². The molecule has 0 fully saturated rings. The Balaban J connectivity index is 2.41. The molecule has 1 heterocycles. The van der Waals surface area contributed by atoms with Crippen molar-refractivity contribution < 1.29 is 9.47 Å². The van der Waals surface area contributed by atoms with E-state index in [1.807, 2.05) is 0 Å². The van der Waals surface area contributed by atoms with Crippen LogP contribution in [0.4, 0.5) is 5.82 Å². The van der Waals surface area contributed by atoms with Crippen molar-refractivity contribution >= 4 is 17.4 Å². The highest BCUT2D eigenvalue weighted by molar-refractivity contribution is 6.30. The number of nitrogen functional groups attached to an aromatic ring is 1. The summed E-state index contributed by atoms with van der Waals surface area (Å²) in [5.74, 6) is 0.416. The van der Waals surface area contributed by atoms with Crippen LogP contribution in [0.2, 0.25) is 5.02 Å². The molecule has 5 nitrogen and oxygen atoms in total. The average Bonchev–Trinajstić information content (AvgIpc) is 2.32. The molecule has 1 aromatic rings. The third kappa shape index (κ3) is 4.87. The minimum absolute atomic E-state index is 0.219. The quantitative estimate of drug-likeness (QED) is 0.723. The zero-order valence-electron chi connectivity index (χ0n) is 9.86. The molecule has 1 atom stereocenters. The van der Waals surface area contributed by atoms with Crippen molar-refractivity contribution in [2.75, 3.05) is 32.7 Å². The van der Waals surface area contributed by atoms with Crippen LogP contribution in [-0.4, -0.2) is 31.9 Å². The molecular weight excluding hydrogens is 242 g/mol. The van der Waals surface area contributed by atoms with E-state index in [0.717, 1.165) is 5.56 Å². The second kappa shape index (κ2) is 7.45. The zero-order chi connectivity index (χ0) is 12.7. The van der Waals surface area contributed by atoms with Crippen molar-refractivity contribution in [3.8, 4) is 0 Å². The molecule has 6 heteroatoms. The number of methoxy groups -OCH3 is 1. The van der Waals surface area contributed by atoms with Crippen LogP contribution in [0.15, 0.2) is 12.3 Å². The molecule has 1 rings (SSSR count). The van der Waals surface area contributed by atoms with Crippen LogP contribution >= 0.6 is 11.6 Å². The highest BCUT2D eigenvalue weighted by atomic mass is 35.5. The van der Waals surface area contributed by atoms with Crippen LogP contribution in [0, 0.1) is 0 Å². The molecule has 0 amide bonds. The topological polar surface area (TPSA) is 83.4 Å². The lowest BCUT2D eigenvalue weighted by Gasteiger charge is -2.14. The third-order valence-corrected chi connectivity index (χ3v) is 2.53. The Bertz CT molecular complexity index is 349. The maximum absolute atomic E-state index is 5.99. The first-order valence-corrected chi connectivity index (χ1v) is 5.76. The number of ether oxygens (including phenoxy) is 2. The lowest BCUT2D eigenvalue weighted by atomic mass is 10.1. The van der Waals surface area contributed by atoms with Gasteiger partial charge in [0.1, 0.15) is 5.82 Å². The van der Waals surface area contributed by atoms with Crippen molar-refractivity contribution in [1.29, 1.82) is 0 Å². The fourth-order valence-electron chi connectivity index (χ4n) is 1.37. The Morgan fingerprint density at radius 1 is 1.41 bits per heavy atom. The number of hydrogen-bond donors (Lipinski definition) is 2. The summed E-state index contributed by atoms with van der Waals surface area (Å²) >= 11 is 5.84. The van der Waals surface area contributed by atoms with Crippen molar-refractivity contribution in [3.05, 3.63) is 22.8 Å². The SMILES string of the molecule is COCCOCCC(N)c1cc(Cl)cnc1N. The van der Waals surface area contributed by atoms with E-state index in [2.05, 4.69) is 4.98 Å². The second-order valence-corrected chi connectivity index (χ2v) is 4.06. The zero-order valence-corrected chi connectivity index (χ0v) is 10.6.